The Balaban J connectivity index is 1.77. The van der Waals surface area contributed by atoms with Gasteiger partial charge in [-0.15, -0.1) is 0 Å². The van der Waals surface area contributed by atoms with Crippen molar-refractivity contribution in [1.82, 2.24) is 4.98 Å². The monoisotopic (exact) mass is 332 g/mol. The maximum absolute atomic E-state index is 6.28. The molecule has 0 atom stereocenters. The van der Waals surface area contributed by atoms with Gasteiger partial charge in [0, 0.05) is 27.1 Å². The lowest BCUT2D eigenvalue weighted by Crippen LogP contribution is -2.03. The van der Waals surface area contributed by atoms with Crippen molar-refractivity contribution in [3.8, 4) is 0 Å². The van der Waals surface area contributed by atoms with Gasteiger partial charge in [0.25, 0.3) is 0 Å². The molecule has 1 aliphatic heterocycles. The van der Waals surface area contributed by atoms with Crippen molar-refractivity contribution in [2.45, 2.75) is 11.6 Å². The number of halogens is 2. The maximum atomic E-state index is 6.28. The van der Waals surface area contributed by atoms with Gasteiger partial charge in [0.2, 0.25) is 0 Å². The van der Waals surface area contributed by atoms with Crippen LogP contribution in [0.5, 0.6) is 0 Å². The van der Waals surface area contributed by atoms with E-state index in [4.69, 9.17) is 23.2 Å². The molecule has 0 bridgehead atoms. The highest BCUT2D eigenvalue weighted by atomic mass is 35.5. The van der Waals surface area contributed by atoms with Gasteiger partial charge < -0.3 is 4.98 Å². The van der Waals surface area contributed by atoms with Crippen molar-refractivity contribution in [3.63, 3.8) is 0 Å². The van der Waals surface area contributed by atoms with Gasteiger partial charge in [-0.1, -0.05) is 53.2 Å². The minimum absolute atomic E-state index is 0.633. The summed E-state index contributed by atoms with van der Waals surface area (Å²) in [5.41, 5.74) is 3.33. The third kappa shape index (κ3) is 2.26. The van der Waals surface area contributed by atoms with Crippen LogP contribution in [0.15, 0.2) is 52.5 Å². The molecule has 104 valence electrons. The van der Waals surface area contributed by atoms with Crippen LogP contribution in [-0.2, 0) is 6.54 Å². The number of aromatic nitrogens is 1. The normalized spacial score (nSPS) is 14.1. The number of nitrogens with one attached hydrogen (secondary N) is 1. The van der Waals surface area contributed by atoms with E-state index in [1.54, 1.807) is 17.8 Å². The number of thioether (sulfide) groups is 1. The molecule has 0 aliphatic carbocycles. The van der Waals surface area contributed by atoms with Crippen LogP contribution >= 0.6 is 35.0 Å². The molecular weight excluding hydrogens is 323 g/mol. The summed E-state index contributed by atoms with van der Waals surface area (Å²) in [6, 6.07) is 13.8. The highest BCUT2D eigenvalue weighted by molar-refractivity contribution is 8.14. The Morgan fingerprint density at radius 3 is 2.81 bits per heavy atom. The highest BCUT2D eigenvalue weighted by Crippen LogP contribution is 2.37. The summed E-state index contributed by atoms with van der Waals surface area (Å²) in [6.45, 7) is 0.667. The predicted molar refractivity (Wildman–Crippen MR) is 90.9 cm³/mol. The summed E-state index contributed by atoms with van der Waals surface area (Å²) < 4.78 is 0. The zero-order valence-corrected chi connectivity index (χ0v) is 13.2. The molecule has 2 nitrogen and oxygen atoms in total. The third-order valence-electron chi connectivity index (χ3n) is 3.52. The zero-order valence-electron chi connectivity index (χ0n) is 10.9. The van der Waals surface area contributed by atoms with Crippen LogP contribution in [0, 0.1) is 0 Å². The molecule has 0 amide bonds. The Morgan fingerprint density at radius 1 is 1.10 bits per heavy atom. The number of H-pyrrole nitrogens is 1. The number of fused-ring (bicyclic) bond motifs is 3. The van der Waals surface area contributed by atoms with Crippen molar-refractivity contribution >= 4 is 50.9 Å². The van der Waals surface area contributed by atoms with E-state index in [-0.39, 0.29) is 0 Å². The Morgan fingerprint density at radius 2 is 1.95 bits per heavy atom. The van der Waals surface area contributed by atoms with E-state index in [1.807, 2.05) is 18.2 Å². The molecule has 2 heterocycles. The molecule has 2 aromatic carbocycles. The molecule has 21 heavy (non-hydrogen) atoms. The topological polar surface area (TPSA) is 28.1 Å². The molecular formula is C16H10Cl2N2S. The molecule has 4 rings (SSSR count). The van der Waals surface area contributed by atoms with Gasteiger partial charge in [0.1, 0.15) is 5.04 Å². The van der Waals surface area contributed by atoms with Crippen molar-refractivity contribution in [2.24, 2.45) is 4.99 Å². The van der Waals surface area contributed by atoms with E-state index in [9.17, 15) is 0 Å². The van der Waals surface area contributed by atoms with E-state index >= 15 is 0 Å². The Bertz CT molecular complexity index is 883. The SMILES string of the molecule is Clc1ccc(C2=NCc3c([nH]c4ccccc34)S2)c(Cl)c1. The molecule has 0 fully saturated rings. The van der Waals surface area contributed by atoms with Gasteiger partial charge >= 0.3 is 0 Å². The Labute approximate surface area is 136 Å². The molecule has 1 aliphatic rings. The van der Waals surface area contributed by atoms with Crippen molar-refractivity contribution in [1.29, 1.82) is 0 Å². The largest absolute Gasteiger partial charge is 0.349 e. The smallest absolute Gasteiger partial charge is 0.106 e. The number of para-hydroxylation sites is 1. The minimum Gasteiger partial charge on any atom is -0.349 e. The second-order valence-corrected chi connectivity index (χ2v) is 6.67. The average Bonchev–Trinajstić information content (AvgIpc) is 2.84. The molecule has 5 heteroatoms. The Hall–Kier alpha value is -1.42. The van der Waals surface area contributed by atoms with Crippen LogP contribution in [0.25, 0.3) is 10.9 Å². The second kappa shape index (κ2) is 5.09. The molecule has 1 aromatic heterocycles. The van der Waals surface area contributed by atoms with Crippen LogP contribution in [0.4, 0.5) is 0 Å². The molecule has 0 spiro atoms. The lowest BCUT2D eigenvalue weighted by molar-refractivity contribution is 1.01. The summed E-state index contributed by atoms with van der Waals surface area (Å²) >= 11 is 13.9. The number of aromatic amines is 1. The van der Waals surface area contributed by atoms with Gasteiger partial charge in [-0.25, -0.2) is 0 Å². The summed E-state index contributed by atoms with van der Waals surface area (Å²) in [7, 11) is 0. The van der Waals surface area contributed by atoms with Gasteiger partial charge in [0.05, 0.1) is 16.6 Å². The van der Waals surface area contributed by atoms with Crippen LogP contribution in [0.3, 0.4) is 0 Å². The average molecular weight is 333 g/mol. The first-order chi connectivity index (χ1) is 10.2. The van der Waals surface area contributed by atoms with E-state index in [0.29, 0.717) is 16.6 Å². The van der Waals surface area contributed by atoms with E-state index in [2.05, 4.69) is 28.2 Å². The molecule has 1 N–H and O–H groups in total. The Kier molecular flexibility index (Phi) is 3.21. The van der Waals surface area contributed by atoms with Gasteiger partial charge in [-0.3, -0.25) is 4.99 Å². The number of aliphatic imine (C=N–C) groups is 1. The molecule has 0 saturated carbocycles. The first-order valence-corrected chi connectivity index (χ1v) is 8.07. The fourth-order valence-electron chi connectivity index (χ4n) is 2.50. The number of benzene rings is 2. The van der Waals surface area contributed by atoms with Gasteiger partial charge in [0.15, 0.2) is 0 Å². The lowest BCUT2D eigenvalue weighted by atomic mass is 10.2. The number of hydrogen-bond donors (Lipinski definition) is 1. The van der Waals surface area contributed by atoms with Crippen LogP contribution in [-0.4, -0.2) is 10.0 Å². The fraction of sp³-hybridized carbons (Fsp3) is 0.0625. The van der Waals surface area contributed by atoms with E-state index in [0.717, 1.165) is 21.1 Å². The number of hydrogen-bond acceptors (Lipinski definition) is 2. The summed E-state index contributed by atoms with van der Waals surface area (Å²) in [6.07, 6.45) is 0. The van der Waals surface area contributed by atoms with Crippen molar-refractivity contribution in [3.05, 3.63) is 63.6 Å². The standard InChI is InChI=1S/C16H10Cl2N2S/c17-9-5-6-11(13(18)7-9)15-19-8-12-10-3-1-2-4-14(10)20-16(12)21-15/h1-7,20H,8H2. The van der Waals surface area contributed by atoms with Crippen LogP contribution in [0.2, 0.25) is 10.0 Å². The molecule has 3 aromatic rings. The predicted octanol–water partition coefficient (Wildman–Crippen LogP) is 5.53. The first-order valence-electron chi connectivity index (χ1n) is 6.49. The zero-order chi connectivity index (χ0) is 14.4. The maximum Gasteiger partial charge on any atom is 0.106 e. The van der Waals surface area contributed by atoms with E-state index in [1.165, 1.54) is 10.9 Å². The number of rotatable bonds is 1. The van der Waals surface area contributed by atoms with E-state index < -0.39 is 0 Å². The van der Waals surface area contributed by atoms with Crippen molar-refractivity contribution < 1.29 is 0 Å². The fourth-order valence-corrected chi connectivity index (χ4v) is 4.13. The van der Waals surface area contributed by atoms with Gasteiger partial charge in [-0.05, 0) is 24.3 Å². The molecule has 0 unspecified atom stereocenters. The summed E-state index contributed by atoms with van der Waals surface area (Å²) in [5.74, 6) is 0. The van der Waals surface area contributed by atoms with Crippen LogP contribution < -0.4 is 0 Å². The van der Waals surface area contributed by atoms with Gasteiger partial charge in [-0.2, -0.15) is 0 Å². The second-order valence-electron chi connectivity index (χ2n) is 4.83. The highest BCUT2D eigenvalue weighted by Gasteiger charge is 2.20. The third-order valence-corrected chi connectivity index (χ3v) is 5.16. The summed E-state index contributed by atoms with van der Waals surface area (Å²) in [5, 5.41) is 4.58. The van der Waals surface area contributed by atoms with Crippen molar-refractivity contribution in [2.75, 3.05) is 0 Å². The summed E-state index contributed by atoms with van der Waals surface area (Å²) in [4.78, 5) is 8.15. The number of nitrogens with zero attached hydrogens (tertiary/aromatic N) is 1. The molecule has 0 saturated heterocycles. The first kappa shape index (κ1) is 13.3. The van der Waals surface area contributed by atoms with Crippen LogP contribution in [0.1, 0.15) is 11.1 Å². The quantitative estimate of drug-likeness (QED) is 0.623. The minimum atomic E-state index is 0.633. The lowest BCUT2D eigenvalue weighted by Gasteiger charge is -2.13. The molecule has 0 radical (unpaired) electrons.